The highest BCUT2D eigenvalue weighted by atomic mass is 31.2. The third-order valence-corrected chi connectivity index (χ3v) is 20.2. The van der Waals surface area contributed by atoms with Gasteiger partial charge in [-0.3, -0.25) is 37.3 Å². The fraction of sp³-hybridized carbons (Fsp3) is 0.949. The minimum absolute atomic E-state index is 0.108. The van der Waals surface area contributed by atoms with Crippen LogP contribution in [0.5, 0.6) is 0 Å². The van der Waals surface area contributed by atoms with Crippen LogP contribution in [0.15, 0.2) is 0 Å². The zero-order chi connectivity index (χ0) is 71.2. The van der Waals surface area contributed by atoms with E-state index < -0.39 is 97.5 Å². The molecular formula is C78H152O17P2. The van der Waals surface area contributed by atoms with Gasteiger partial charge in [-0.2, -0.15) is 0 Å². The molecule has 576 valence electrons. The third-order valence-electron chi connectivity index (χ3n) is 18.3. The van der Waals surface area contributed by atoms with Crippen molar-refractivity contribution in [2.75, 3.05) is 39.6 Å². The minimum atomic E-state index is -4.96. The van der Waals surface area contributed by atoms with Crippen molar-refractivity contribution >= 4 is 39.5 Å². The Morgan fingerprint density at radius 3 is 0.701 bits per heavy atom. The van der Waals surface area contributed by atoms with Gasteiger partial charge in [0.05, 0.1) is 26.4 Å². The Morgan fingerprint density at radius 1 is 0.278 bits per heavy atom. The lowest BCUT2D eigenvalue weighted by molar-refractivity contribution is -0.161. The van der Waals surface area contributed by atoms with Crippen molar-refractivity contribution in [1.29, 1.82) is 0 Å². The number of carbonyl (C=O) groups is 4. The monoisotopic (exact) mass is 1420 g/mol. The van der Waals surface area contributed by atoms with Gasteiger partial charge in [0, 0.05) is 25.7 Å². The van der Waals surface area contributed by atoms with Crippen LogP contribution in [0.2, 0.25) is 0 Å². The molecule has 0 aliphatic heterocycles. The molecule has 2 unspecified atom stereocenters. The van der Waals surface area contributed by atoms with E-state index in [1.165, 1.54) is 225 Å². The molecule has 0 heterocycles. The molecule has 0 saturated carbocycles. The Balaban J connectivity index is 5.19. The second-order valence-electron chi connectivity index (χ2n) is 28.6. The van der Waals surface area contributed by atoms with Gasteiger partial charge in [0.25, 0.3) is 0 Å². The zero-order valence-corrected chi connectivity index (χ0v) is 65.0. The number of unbranched alkanes of at least 4 members (excludes halogenated alkanes) is 50. The smallest absolute Gasteiger partial charge is 0.462 e. The van der Waals surface area contributed by atoms with Crippen LogP contribution in [0.4, 0.5) is 0 Å². The molecule has 0 aliphatic rings. The standard InChI is InChI=1S/C78H152O17P2/c1-6-9-12-15-18-20-22-24-26-27-31-34-38-42-47-52-57-62-76(81)89-68-74(95-78(83)64-59-54-49-44-40-36-32-28-30-33-37-41-46-50-55-60-71(4)5)70-93-97(86,87)91-66-72(79)65-90-96(84,85)92-69-73(67-88-75(80)61-56-51-45-17-14-11-8-3)94-77(82)63-58-53-48-43-39-35-29-25-23-21-19-16-13-10-7-2/h71-74,79H,6-70H2,1-5H3,(H,84,85)(H,86,87)/t72-,73+,74+/m0/s1. The quantitative estimate of drug-likeness (QED) is 0.0222. The Kier molecular flexibility index (Phi) is 69.6. The summed E-state index contributed by atoms with van der Waals surface area (Å²) in [7, 11) is -9.91. The van der Waals surface area contributed by atoms with Gasteiger partial charge in [-0.1, -0.05) is 362 Å². The van der Waals surface area contributed by atoms with E-state index in [-0.39, 0.29) is 25.7 Å². The van der Waals surface area contributed by atoms with Crippen molar-refractivity contribution in [2.24, 2.45) is 5.92 Å². The summed E-state index contributed by atoms with van der Waals surface area (Å²) in [4.78, 5) is 72.8. The minimum Gasteiger partial charge on any atom is -0.462 e. The van der Waals surface area contributed by atoms with Gasteiger partial charge in [0.1, 0.15) is 19.3 Å². The van der Waals surface area contributed by atoms with Crippen molar-refractivity contribution in [3.63, 3.8) is 0 Å². The molecule has 0 aliphatic carbocycles. The molecule has 0 radical (unpaired) electrons. The zero-order valence-electron chi connectivity index (χ0n) is 63.2. The van der Waals surface area contributed by atoms with Crippen molar-refractivity contribution in [3.8, 4) is 0 Å². The summed E-state index contributed by atoms with van der Waals surface area (Å²) in [6.07, 6.45) is 61.1. The molecule has 17 nitrogen and oxygen atoms in total. The first-order chi connectivity index (χ1) is 47.0. The summed E-state index contributed by atoms with van der Waals surface area (Å²) in [6, 6.07) is 0. The lowest BCUT2D eigenvalue weighted by Gasteiger charge is -2.21. The number of aliphatic hydroxyl groups is 1. The van der Waals surface area contributed by atoms with Crippen LogP contribution >= 0.6 is 15.6 Å². The maximum atomic E-state index is 13.1. The van der Waals surface area contributed by atoms with E-state index in [0.717, 1.165) is 109 Å². The first kappa shape index (κ1) is 95.1. The number of carbonyl (C=O) groups excluding carboxylic acids is 4. The summed E-state index contributed by atoms with van der Waals surface area (Å²) in [5.41, 5.74) is 0. The fourth-order valence-electron chi connectivity index (χ4n) is 12.1. The van der Waals surface area contributed by atoms with Gasteiger partial charge < -0.3 is 33.8 Å². The molecule has 0 amide bonds. The number of aliphatic hydroxyl groups excluding tert-OH is 1. The molecule has 3 N–H and O–H groups in total. The van der Waals surface area contributed by atoms with Crippen LogP contribution in [-0.2, 0) is 65.4 Å². The molecule has 0 aromatic heterocycles. The molecule has 19 heteroatoms. The van der Waals surface area contributed by atoms with Gasteiger partial charge in [-0.15, -0.1) is 0 Å². The van der Waals surface area contributed by atoms with E-state index in [4.69, 9.17) is 37.0 Å². The lowest BCUT2D eigenvalue weighted by Crippen LogP contribution is -2.30. The highest BCUT2D eigenvalue weighted by Crippen LogP contribution is 2.45. The largest absolute Gasteiger partial charge is 0.472 e. The van der Waals surface area contributed by atoms with Crippen LogP contribution in [-0.4, -0.2) is 96.7 Å². The fourth-order valence-corrected chi connectivity index (χ4v) is 13.6. The Morgan fingerprint density at radius 2 is 0.474 bits per heavy atom. The van der Waals surface area contributed by atoms with Crippen molar-refractivity contribution < 1.29 is 80.2 Å². The van der Waals surface area contributed by atoms with Crippen molar-refractivity contribution in [1.82, 2.24) is 0 Å². The van der Waals surface area contributed by atoms with E-state index >= 15 is 0 Å². The summed E-state index contributed by atoms with van der Waals surface area (Å²) in [5, 5.41) is 10.6. The van der Waals surface area contributed by atoms with E-state index in [1.54, 1.807) is 0 Å². The number of rotatable bonds is 78. The average Bonchev–Trinajstić information content (AvgIpc) is 3.70. The van der Waals surface area contributed by atoms with Crippen molar-refractivity contribution in [2.45, 2.75) is 432 Å². The maximum Gasteiger partial charge on any atom is 0.472 e. The molecular weight excluding hydrogens is 1270 g/mol. The SMILES string of the molecule is CCCCCCCCCCCCCCCCCCCC(=O)OC[C@H](COP(=O)(O)OC[C@@H](O)COP(=O)(O)OC[C@@H](COC(=O)CCCCCCCCC)OC(=O)CCCCCCCCCCCCCCCCC)OC(=O)CCCCCCCCCCCCCCCCCC(C)C. The van der Waals surface area contributed by atoms with Gasteiger partial charge >= 0.3 is 39.5 Å². The molecule has 0 aromatic carbocycles. The topological polar surface area (TPSA) is 237 Å². The predicted molar refractivity (Wildman–Crippen MR) is 395 cm³/mol. The van der Waals surface area contributed by atoms with Gasteiger partial charge in [0.15, 0.2) is 12.2 Å². The summed E-state index contributed by atoms with van der Waals surface area (Å²) in [6.45, 7) is 7.30. The number of hydrogen-bond acceptors (Lipinski definition) is 15. The average molecular weight is 1420 g/mol. The van der Waals surface area contributed by atoms with E-state index in [9.17, 15) is 43.2 Å². The summed E-state index contributed by atoms with van der Waals surface area (Å²) in [5.74, 6) is -1.31. The molecule has 0 fully saturated rings. The van der Waals surface area contributed by atoms with Crippen molar-refractivity contribution in [3.05, 3.63) is 0 Å². The van der Waals surface area contributed by atoms with E-state index in [0.29, 0.717) is 25.7 Å². The Labute approximate surface area is 594 Å². The molecule has 97 heavy (non-hydrogen) atoms. The Bertz CT molecular complexity index is 1860. The maximum absolute atomic E-state index is 13.1. The number of phosphoric acid groups is 2. The highest BCUT2D eigenvalue weighted by molar-refractivity contribution is 7.47. The van der Waals surface area contributed by atoms with E-state index in [1.807, 2.05) is 0 Å². The predicted octanol–water partition coefficient (Wildman–Crippen LogP) is 23.3. The summed E-state index contributed by atoms with van der Waals surface area (Å²) >= 11 is 0. The van der Waals surface area contributed by atoms with Crippen LogP contribution in [0.3, 0.4) is 0 Å². The molecule has 5 atom stereocenters. The number of hydrogen-bond donors (Lipinski definition) is 3. The van der Waals surface area contributed by atoms with Gasteiger partial charge in [0.2, 0.25) is 0 Å². The highest BCUT2D eigenvalue weighted by Gasteiger charge is 2.30. The van der Waals surface area contributed by atoms with Crippen LogP contribution in [0.1, 0.15) is 413 Å². The van der Waals surface area contributed by atoms with Gasteiger partial charge in [-0.05, 0) is 31.6 Å². The number of ether oxygens (including phenoxy) is 4. The molecule has 0 rings (SSSR count). The van der Waals surface area contributed by atoms with Crippen LogP contribution in [0.25, 0.3) is 0 Å². The second kappa shape index (κ2) is 71.1. The second-order valence-corrected chi connectivity index (χ2v) is 31.5. The number of phosphoric ester groups is 2. The Hall–Kier alpha value is -1.94. The van der Waals surface area contributed by atoms with Crippen LogP contribution < -0.4 is 0 Å². The molecule has 0 bridgehead atoms. The molecule has 0 spiro atoms. The third kappa shape index (κ3) is 72.2. The van der Waals surface area contributed by atoms with E-state index in [2.05, 4.69) is 34.6 Å². The van der Waals surface area contributed by atoms with Crippen LogP contribution in [0, 0.1) is 5.92 Å². The number of esters is 4. The van der Waals surface area contributed by atoms with Gasteiger partial charge in [-0.25, -0.2) is 9.13 Å². The lowest BCUT2D eigenvalue weighted by atomic mass is 10.0. The molecule has 0 saturated heterocycles. The first-order valence-electron chi connectivity index (χ1n) is 40.6. The molecule has 0 aromatic rings. The first-order valence-corrected chi connectivity index (χ1v) is 43.6. The normalized spacial score (nSPS) is 13.9. The summed E-state index contributed by atoms with van der Waals surface area (Å²) < 4.78 is 68.5.